The molecule has 0 N–H and O–H groups in total. The number of ether oxygens (including phenoxy) is 3. The van der Waals surface area contributed by atoms with Crippen LogP contribution in [0.5, 0.6) is 23.0 Å². The zero-order valence-corrected chi connectivity index (χ0v) is 23.5. The van der Waals surface area contributed by atoms with Crippen molar-refractivity contribution in [1.29, 1.82) is 0 Å². The molecule has 0 spiro atoms. The first-order valence-corrected chi connectivity index (χ1v) is 12.9. The lowest BCUT2D eigenvalue weighted by atomic mass is 10.00. The number of alkyl halides is 6. The fourth-order valence-corrected chi connectivity index (χ4v) is 4.66. The minimum absolute atomic E-state index is 0.00627. The van der Waals surface area contributed by atoms with Crippen molar-refractivity contribution < 1.29 is 50.1 Å². The van der Waals surface area contributed by atoms with Crippen molar-refractivity contribution in [2.45, 2.75) is 26.2 Å². The maximum atomic E-state index is 13.3. The third-order valence-corrected chi connectivity index (χ3v) is 6.46. The third kappa shape index (κ3) is 7.23. The highest BCUT2D eigenvalue weighted by Crippen LogP contribution is 2.49. The standard InChI is InChI=1S/C30H18Cl2F6O5/c1-15(39)41-23-5-3-7-25(27(23)19-11-9-17(13-21(19)31)29(33,34)35)43-26-8-4-6-24(42-16(2)40)28(26)20-12-10-18(14-22(20)32)30(36,37)38/h3-14H,1-2H3. The molecule has 43 heavy (non-hydrogen) atoms. The van der Waals surface area contributed by atoms with Gasteiger partial charge in [0.05, 0.1) is 22.3 Å². The van der Waals surface area contributed by atoms with Gasteiger partial charge < -0.3 is 14.2 Å². The van der Waals surface area contributed by atoms with Gasteiger partial charge in [-0.25, -0.2) is 0 Å². The predicted octanol–water partition coefficient (Wildman–Crippen LogP) is 10.0. The Morgan fingerprint density at radius 3 is 1.23 bits per heavy atom. The van der Waals surface area contributed by atoms with Crippen LogP contribution < -0.4 is 14.2 Å². The Hall–Kier alpha value is -4.22. The highest BCUT2D eigenvalue weighted by Gasteiger charge is 2.33. The topological polar surface area (TPSA) is 61.8 Å². The average Bonchev–Trinajstić information content (AvgIpc) is 2.88. The molecule has 0 unspecified atom stereocenters. The van der Waals surface area contributed by atoms with E-state index in [2.05, 4.69) is 0 Å². The second-order valence-electron chi connectivity index (χ2n) is 8.93. The summed E-state index contributed by atoms with van der Waals surface area (Å²) in [6.07, 6.45) is -9.38. The summed E-state index contributed by atoms with van der Waals surface area (Å²) in [4.78, 5) is 23.7. The molecule has 0 saturated carbocycles. The molecule has 4 aromatic rings. The lowest BCUT2D eigenvalue weighted by molar-refractivity contribution is -0.138. The summed E-state index contributed by atoms with van der Waals surface area (Å²) in [5.41, 5.74) is -2.07. The summed E-state index contributed by atoms with van der Waals surface area (Å²) >= 11 is 12.5. The molecule has 0 heterocycles. The molecule has 0 aromatic heterocycles. The Kier molecular flexibility index (Phi) is 8.98. The largest absolute Gasteiger partial charge is 0.456 e. The van der Waals surface area contributed by atoms with Gasteiger partial charge in [0.25, 0.3) is 0 Å². The molecular formula is C30H18Cl2F6O5. The van der Waals surface area contributed by atoms with Gasteiger partial charge in [-0.1, -0.05) is 47.5 Å². The fraction of sp³-hybridized carbons (Fsp3) is 0.133. The van der Waals surface area contributed by atoms with E-state index < -0.39 is 35.4 Å². The van der Waals surface area contributed by atoms with Gasteiger partial charge in [0.1, 0.15) is 23.0 Å². The molecule has 224 valence electrons. The van der Waals surface area contributed by atoms with Crippen LogP contribution in [0.3, 0.4) is 0 Å². The number of rotatable bonds is 6. The Morgan fingerprint density at radius 1 is 0.581 bits per heavy atom. The average molecular weight is 643 g/mol. The van der Waals surface area contributed by atoms with Gasteiger partial charge in [0, 0.05) is 35.0 Å². The zero-order valence-electron chi connectivity index (χ0n) is 22.0. The lowest BCUT2D eigenvalue weighted by Gasteiger charge is -2.20. The van der Waals surface area contributed by atoms with Crippen LogP contribution in [-0.4, -0.2) is 11.9 Å². The molecule has 0 aliphatic heterocycles. The van der Waals surface area contributed by atoms with Crippen LogP contribution in [0.2, 0.25) is 10.0 Å². The van der Waals surface area contributed by atoms with Crippen LogP contribution in [0.15, 0.2) is 72.8 Å². The number of carbonyl (C=O) groups excluding carboxylic acids is 2. The van der Waals surface area contributed by atoms with Gasteiger partial charge in [0.2, 0.25) is 0 Å². The van der Waals surface area contributed by atoms with Crippen LogP contribution in [0.1, 0.15) is 25.0 Å². The van der Waals surface area contributed by atoms with Crippen LogP contribution in [0.25, 0.3) is 22.3 Å². The summed E-state index contributed by atoms with van der Waals surface area (Å²) in [6.45, 7) is 2.22. The Bertz CT molecular complexity index is 1590. The van der Waals surface area contributed by atoms with Crippen molar-refractivity contribution in [3.63, 3.8) is 0 Å². The molecule has 5 nitrogen and oxygen atoms in total. The van der Waals surface area contributed by atoms with Crippen molar-refractivity contribution in [3.05, 3.63) is 94.0 Å². The molecule has 0 atom stereocenters. The first-order chi connectivity index (χ1) is 20.1. The Labute approximate surface area is 250 Å². The first kappa shape index (κ1) is 31.7. The third-order valence-electron chi connectivity index (χ3n) is 5.83. The maximum absolute atomic E-state index is 13.3. The molecule has 0 saturated heterocycles. The van der Waals surface area contributed by atoms with E-state index in [1.807, 2.05) is 0 Å². The monoisotopic (exact) mass is 642 g/mol. The quantitative estimate of drug-likeness (QED) is 0.119. The molecule has 0 aliphatic carbocycles. The van der Waals surface area contributed by atoms with Gasteiger partial charge in [0.15, 0.2) is 0 Å². The summed E-state index contributed by atoms with van der Waals surface area (Å²) in [5, 5.41) is -0.696. The molecule has 0 amide bonds. The first-order valence-electron chi connectivity index (χ1n) is 12.1. The van der Waals surface area contributed by atoms with E-state index in [9.17, 15) is 35.9 Å². The van der Waals surface area contributed by atoms with Crippen molar-refractivity contribution >= 4 is 35.1 Å². The number of halogens is 8. The van der Waals surface area contributed by atoms with E-state index in [1.54, 1.807) is 0 Å². The number of hydrogen-bond donors (Lipinski definition) is 0. The minimum Gasteiger partial charge on any atom is -0.456 e. The van der Waals surface area contributed by atoms with Crippen LogP contribution in [0, 0.1) is 0 Å². The van der Waals surface area contributed by atoms with Gasteiger partial charge in [-0.3, -0.25) is 9.59 Å². The van der Waals surface area contributed by atoms with E-state index in [1.165, 1.54) is 36.4 Å². The SMILES string of the molecule is CC(=O)Oc1cccc(Oc2cccc(OC(C)=O)c2-c2ccc(C(F)(F)F)cc2Cl)c1-c1ccc(C(F)(F)F)cc1Cl. The highest BCUT2D eigenvalue weighted by atomic mass is 35.5. The van der Waals surface area contributed by atoms with Gasteiger partial charge in [-0.15, -0.1) is 0 Å². The molecule has 0 aliphatic rings. The summed E-state index contributed by atoms with van der Waals surface area (Å²) in [7, 11) is 0. The van der Waals surface area contributed by atoms with Crippen molar-refractivity contribution in [1.82, 2.24) is 0 Å². The molecule has 0 bridgehead atoms. The smallest absolute Gasteiger partial charge is 0.416 e. The fourth-order valence-electron chi connectivity index (χ4n) is 4.11. The minimum atomic E-state index is -4.69. The predicted molar refractivity (Wildman–Crippen MR) is 146 cm³/mol. The van der Waals surface area contributed by atoms with Gasteiger partial charge >= 0.3 is 24.3 Å². The lowest BCUT2D eigenvalue weighted by Crippen LogP contribution is -2.07. The van der Waals surface area contributed by atoms with E-state index in [0.29, 0.717) is 12.1 Å². The molecule has 4 rings (SSSR count). The molecule has 13 heteroatoms. The summed E-state index contributed by atoms with van der Waals surface area (Å²) in [5.74, 6) is -1.89. The normalized spacial score (nSPS) is 11.7. The summed E-state index contributed by atoms with van der Waals surface area (Å²) in [6, 6.07) is 13.5. The van der Waals surface area contributed by atoms with Crippen LogP contribution in [-0.2, 0) is 21.9 Å². The van der Waals surface area contributed by atoms with Gasteiger partial charge in [-0.2, -0.15) is 26.3 Å². The second kappa shape index (κ2) is 12.2. The maximum Gasteiger partial charge on any atom is 0.416 e. The zero-order chi connectivity index (χ0) is 31.7. The number of hydrogen-bond acceptors (Lipinski definition) is 5. The van der Waals surface area contributed by atoms with E-state index in [0.717, 1.165) is 38.1 Å². The van der Waals surface area contributed by atoms with Crippen molar-refractivity contribution in [3.8, 4) is 45.3 Å². The Morgan fingerprint density at radius 2 is 0.930 bits per heavy atom. The van der Waals surface area contributed by atoms with Crippen molar-refractivity contribution in [2.24, 2.45) is 0 Å². The number of carbonyl (C=O) groups is 2. The van der Waals surface area contributed by atoms with Crippen LogP contribution >= 0.6 is 23.2 Å². The molecular weight excluding hydrogens is 625 g/mol. The highest BCUT2D eigenvalue weighted by molar-refractivity contribution is 6.34. The molecule has 4 aromatic carbocycles. The molecule has 0 radical (unpaired) electrons. The van der Waals surface area contributed by atoms with Gasteiger partial charge in [-0.05, 0) is 48.5 Å². The Balaban J connectivity index is 1.94. The van der Waals surface area contributed by atoms with Crippen molar-refractivity contribution in [2.75, 3.05) is 0 Å². The van der Waals surface area contributed by atoms with E-state index in [4.69, 9.17) is 37.4 Å². The summed E-state index contributed by atoms with van der Waals surface area (Å²) < 4.78 is 96.6. The van der Waals surface area contributed by atoms with E-state index >= 15 is 0 Å². The second-order valence-corrected chi connectivity index (χ2v) is 9.75. The van der Waals surface area contributed by atoms with E-state index in [-0.39, 0.29) is 55.3 Å². The number of benzene rings is 4. The number of esters is 2. The van der Waals surface area contributed by atoms with Crippen LogP contribution in [0.4, 0.5) is 26.3 Å². The molecule has 0 fully saturated rings.